The Hall–Kier alpha value is -2.66. The van der Waals surface area contributed by atoms with Gasteiger partial charge in [0.15, 0.2) is 0 Å². The molecule has 5 nitrogen and oxygen atoms in total. The second kappa shape index (κ2) is 7.75. The minimum absolute atomic E-state index is 0.0133. The molecule has 2 aromatic carbocycles. The van der Waals surface area contributed by atoms with Crippen molar-refractivity contribution in [3.63, 3.8) is 0 Å². The van der Waals surface area contributed by atoms with E-state index in [9.17, 15) is 19.8 Å². The lowest BCUT2D eigenvalue weighted by molar-refractivity contribution is 0.0578. The molecule has 24 heavy (non-hydrogen) atoms. The van der Waals surface area contributed by atoms with Crippen LogP contribution in [0.25, 0.3) is 0 Å². The minimum Gasteiger partial charge on any atom is -0.478 e. The number of rotatable bonds is 7. The van der Waals surface area contributed by atoms with Crippen molar-refractivity contribution in [3.05, 3.63) is 70.3 Å². The highest BCUT2D eigenvalue weighted by molar-refractivity contribution is 5.97. The highest BCUT2D eigenvalue weighted by Gasteiger charge is 2.22. The zero-order chi connectivity index (χ0) is 17.7. The van der Waals surface area contributed by atoms with Crippen LogP contribution in [0.1, 0.15) is 51.3 Å². The van der Waals surface area contributed by atoms with Gasteiger partial charge >= 0.3 is 11.9 Å². The summed E-state index contributed by atoms with van der Waals surface area (Å²) in [6, 6.07) is 12.5. The lowest BCUT2D eigenvalue weighted by Gasteiger charge is -2.16. The number of carboxylic acids is 2. The maximum absolute atomic E-state index is 11.8. The van der Waals surface area contributed by atoms with E-state index < -0.39 is 11.9 Å². The summed E-state index contributed by atoms with van der Waals surface area (Å²) in [7, 11) is 0. The second-order valence-electron chi connectivity index (χ2n) is 5.76. The molecule has 2 N–H and O–H groups in total. The van der Waals surface area contributed by atoms with E-state index in [1.54, 1.807) is 6.07 Å². The molecule has 0 bridgehead atoms. The number of benzene rings is 2. The quantitative estimate of drug-likeness (QED) is 0.811. The molecule has 0 aliphatic heterocycles. The van der Waals surface area contributed by atoms with Gasteiger partial charge in [0.25, 0.3) is 0 Å². The van der Waals surface area contributed by atoms with Crippen molar-refractivity contribution in [2.24, 2.45) is 0 Å². The minimum atomic E-state index is -1.16. The SMILES string of the molecule is CC(C)OCc1c(C(=O)O)ccc(Cc2ccccc2)c1C(=O)O. The summed E-state index contributed by atoms with van der Waals surface area (Å²) < 4.78 is 5.49. The molecule has 0 atom stereocenters. The van der Waals surface area contributed by atoms with Gasteiger partial charge in [-0.2, -0.15) is 0 Å². The predicted molar refractivity (Wildman–Crippen MR) is 89.5 cm³/mol. The van der Waals surface area contributed by atoms with Crippen LogP contribution in [-0.2, 0) is 17.8 Å². The standard InChI is InChI=1S/C19H20O5/c1-12(2)24-11-16-15(18(20)21)9-8-14(17(16)19(22)23)10-13-6-4-3-5-7-13/h3-9,12H,10-11H2,1-2H3,(H,20,21)(H,22,23). The van der Waals surface area contributed by atoms with E-state index in [2.05, 4.69) is 0 Å². The molecule has 0 heterocycles. The maximum Gasteiger partial charge on any atom is 0.336 e. The van der Waals surface area contributed by atoms with Crippen molar-refractivity contribution in [3.8, 4) is 0 Å². The molecule has 0 spiro atoms. The number of carboxylic acid groups (broad SMARTS) is 2. The monoisotopic (exact) mass is 328 g/mol. The summed E-state index contributed by atoms with van der Waals surface area (Å²) in [5, 5.41) is 19.0. The summed E-state index contributed by atoms with van der Waals surface area (Å²) in [4.78, 5) is 23.3. The number of ether oxygens (including phenoxy) is 1. The Morgan fingerprint density at radius 1 is 1.00 bits per heavy atom. The van der Waals surface area contributed by atoms with Gasteiger partial charge in [-0.3, -0.25) is 0 Å². The van der Waals surface area contributed by atoms with E-state index in [-0.39, 0.29) is 29.4 Å². The van der Waals surface area contributed by atoms with Gasteiger partial charge < -0.3 is 14.9 Å². The van der Waals surface area contributed by atoms with Crippen molar-refractivity contribution in [2.45, 2.75) is 33.0 Å². The van der Waals surface area contributed by atoms with Gasteiger partial charge in [0.05, 0.1) is 23.8 Å². The zero-order valence-corrected chi connectivity index (χ0v) is 13.7. The van der Waals surface area contributed by atoms with Crippen LogP contribution in [0.15, 0.2) is 42.5 Å². The molecule has 0 radical (unpaired) electrons. The van der Waals surface area contributed by atoms with Gasteiger partial charge in [0.1, 0.15) is 0 Å². The number of carbonyl (C=O) groups is 2. The van der Waals surface area contributed by atoms with Gasteiger partial charge in [-0.05, 0) is 37.5 Å². The van der Waals surface area contributed by atoms with Gasteiger partial charge in [0.2, 0.25) is 0 Å². The van der Waals surface area contributed by atoms with Crippen molar-refractivity contribution in [1.29, 1.82) is 0 Å². The molecule has 0 aromatic heterocycles. The number of aromatic carboxylic acids is 2. The van der Waals surface area contributed by atoms with E-state index in [0.29, 0.717) is 12.0 Å². The Balaban J connectivity index is 2.53. The van der Waals surface area contributed by atoms with Crippen molar-refractivity contribution >= 4 is 11.9 Å². The molecule has 0 saturated heterocycles. The smallest absolute Gasteiger partial charge is 0.336 e. The number of hydrogen-bond donors (Lipinski definition) is 2. The van der Waals surface area contributed by atoms with E-state index in [1.807, 2.05) is 44.2 Å². The fraction of sp³-hybridized carbons (Fsp3) is 0.263. The summed E-state index contributed by atoms with van der Waals surface area (Å²) in [5.74, 6) is -2.31. The Morgan fingerprint density at radius 2 is 1.67 bits per heavy atom. The highest BCUT2D eigenvalue weighted by atomic mass is 16.5. The van der Waals surface area contributed by atoms with Crippen LogP contribution in [-0.4, -0.2) is 28.3 Å². The zero-order valence-electron chi connectivity index (χ0n) is 13.7. The van der Waals surface area contributed by atoms with Crippen LogP contribution in [0.5, 0.6) is 0 Å². The molecule has 2 aromatic rings. The first-order valence-corrected chi connectivity index (χ1v) is 7.67. The van der Waals surface area contributed by atoms with E-state index in [1.165, 1.54) is 6.07 Å². The average molecular weight is 328 g/mol. The molecule has 0 aliphatic rings. The first-order chi connectivity index (χ1) is 11.4. The van der Waals surface area contributed by atoms with Gasteiger partial charge in [-0.25, -0.2) is 9.59 Å². The van der Waals surface area contributed by atoms with Crippen LogP contribution < -0.4 is 0 Å². The van der Waals surface area contributed by atoms with Crippen LogP contribution in [0.3, 0.4) is 0 Å². The van der Waals surface area contributed by atoms with Crippen LogP contribution >= 0.6 is 0 Å². The molecule has 2 rings (SSSR count). The normalized spacial score (nSPS) is 10.8. The van der Waals surface area contributed by atoms with Crippen molar-refractivity contribution < 1.29 is 24.5 Å². The van der Waals surface area contributed by atoms with Gasteiger partial charge in [-0.1, -0.05) is 36.4 Å². The second-order valence-corrected chi connectivity index (χ2v) is 5.76. The fourth-order valence-corrected chi connectivity index (χ4v) is 2.53. The third-order valence-corrected chi connectivity index (χ3v) is 3.64. The van der Waals surface area contributed by atoms with E-state index in [4.69, 9.17) is 4.74 Å². The summed E-state index contributed by atoms with van der Waals surface area (Å²) in [6.07, 6.45) is 0.280. The summed E-state index contributed by atoms with van der Waals surface area (Å²) >= 11 is 0. The fourth-order valence-electron chi connectivity index (χ4n) is 2.53. The first kappa shape index (κ1) is 17.7. The van der Waals surface area contributed by atoms with Crippen molar-refractivity contribution in [1.82, 2.24) is 0 Å². The lowest BCUT2D eigenvalue weighted by atomic mass is 9.92. The predicted octanol–water partition coefficient (Wildman–Crippen LogP) is 3.60. The third kappa shape index (κ3) is 4.20. The largest absolute Gasteiger partial charge is 0.478 e. The van der Waals surface area contributed by atoms with Gasteiger partial charge in [-0.15, -0.1) is 0 Å². The Kier molecular flexibility index (Phi) is 5.71. The van der Waals surface area contributed by atoms with Gasteiger partial charge in [0, 0.05) is 5.56 Å². The molecular formula is C19H20O5. The van der Waals surface area contributed by atoms with Crippen molar-refractivity contribution in [2.75, 3.05) is 0 Å². The van der Waals surface area contributed by atoms with Crippen LogP contribution in [0.2, 0.25) is 0 Å². The van der Waals surface area contributed by atoms with Crippen LogP contribution in [0, 0.1) is 0 Å². The number of hydrogen-bond acceptors (Lipinski definition) is 3. The summed E-state index contributed by atoms with van der Waals surface area (Å²) in [5.41, 5.74) is 1.71. The molecule has 0 amide bonds. The first-order valence-electron chi connectivity index (χ1n) is 7.67. The topological polar surface area (TPSA) is 83.8 Å². The molecule has 0 saturated carbocycles. The van der Waals surface area contributed by atoms with E-state index >= 15 is 0 Å². The summed E-state index contributed by atoms with van der Waals surface area (Å²) in [6.45, 7) is 3.58. The average Bonchev–Trinajstić information content (AvgIpc) is 2.53. The molecule has 0 fully saturated rings. The Bertz CT molecular complexity index is 735. The molecule has 126 valence electrons. The van der Waals surface area contributed by atoms with Crippen LogP contribution in [0.4, 0.5) is 0 Å². The molecule has 0 aliphatic carbocycles. The third-order valence-electron chi connectivity index (χ3n) is 3.64. The van der Waals surface area contributed by atoms with E-state index in [0.717, 1.165) is 5.56 Å². The maximum atomic E-state index is 11.8. The highest BCUT2D eigenvalue weighted by Crippen LogP contribution is 2.24. The molecular weight excluding hydrogens is 308 g/mol. The Labute approximate surface area is 140 Å². The molecule has 5 heteroatoms. The Morgan fingerprint density at radius 3 is 2.21 bits per heavy atom. The molecule has 0 unspecified atom stereocenters. The lowest BCUT2D eigenvalue weighted by Crippen LogP contribution is -2.16.